The second-order valence-corrected chi connectivity index (χ2v) is 6.73. The third-order valence-corrected chi connectivity index (χ3v) is 4.93. The van der Waals surface area contributed by atoms with E-state index in [-0.39, 0.29) is 17.7 Å². The van der Waals surface area contributed by atoms with Crippen LogP contribution in [0.2, 0.25) is 0 Å². The van der Waals surface area contributed by atoms with Crippen LogP contribution in [-0.4, -0.2) is 48.1 Å². The Balaban J connectivity index is 1.42. The number of aliphatic carboxylic acids is 1. The second kappa shape index (κ2) is 7.13. The molecule has 0 spiro atoms. The van der Waals surface area contributed by atoms with Crippen molar-refractivity contribution in [3.8, 4) is 0 Å². The van der Waals surface area contributed by atoms with E-state index in [1.165, 1.54) is 5.56 Å². The van der Waals surface area contributed by atoms with Crippen LogP contribution in [0.1, 0.15) is 18.4 Å². The lowest BCUT2D eigenvalue weighted by molar-refractivity contribution is -0.142. The van der Waals surface area contributed by atoms with Gasteiger partial charge in [-0.05, 0) is 36.7 Å². The van der Waals surface area contributed by atoms with Crippen LogP contribution in [0, 0.1) is 17.8 Å². The van der Waals surface area contributed by atoms with Crippen LogP contribution in [0.15, 0.2) is 30.3 Å². The number of hydrogen-bond donors (Lipinski definition) is 2. The summed E-state index contributed by atoms with van der Waals surface area (Å²) in [5.41, 5.74) is 1.20. The highest BCUT2D eigenvalue weighted by atomic mass is 16.4. The zero-order valence-electron chi connectivity index (χ0n) is 13.3. The third-order valence-electron chi connectivity index (χ3n) is 4.93. The lowest BCUT2D eigenvalue weighted by Crippen LogP contribution is -2.37. The molecular weight excluding hydrogens is 292 g/mol. The molecule has 0 radical (unpaired) electrons. The molecule has 1 saturated heterocycles. The van der Waals surface area contributed by atoms with Crippen LogP contribution in [-0.2, 0) is 16.0 Å². The van der Waals surface area contributed by atoms with Crippen molar-refractivity contribution in [1.29, 1.82) is 0 Å². The maximum Gasteiger partial charge on any atom is 0.308 e. The van der Waals surface area contributed by atoms with Crippen LogP contribution in [0.5, 0.6) is 0 Å². The first-order valence-corrected chi connectivity index (χ1v) is 8.39. The van der Waals surface area contributed by atoms with E-state index in [4.69, 9.17) is 0 Å². The molecule has 0 aromatic heterocycles. The summed E-state index contributed by atoms with van der Waals surface area (Å²) in [4.78, 5) is 25.4. The molecule has 2 atom stereocenters. The topological polar surface area (TPSA) is 69.6 Å². The van der Waals surface area contributed by atoms with Crippen molar-refractivity contribution in [3.63, 3.8) is 0 Å². The first-order valence-electron chi connectivity index (χ1n) is 8.39. The lowest BCUT2D eigenvalue weighted by atomic mass is 9.92. The molecule has 5 heteroatoms. The summed E-state index contributed by atoms with van der Waals surface area (Å²) in [6.07, 6.45) is 3.10. The zero-order chi connectivity index (χ0) is 16.2. The van der Waals surface area contributed by atoms with Crippen molar-refractivity contribution < 1.29 is 14.7 Å². The van der Waals surface area contributed by atoms with Crippen LogP contribution >= 0.6 is 0 Å². The van der Waals surface area contributed by atoms with Gasteiger partial charge in [0.1, 0.15) is 0 Å². The largest absolute Gasteiger partial charge is 0.481 e. The van der Waals surface area contributed by atoms with Crippen molar-refractivity contribution in [2.45, 2.75) is 19.3 Å². The highest BCUT2D eigenvalue weighted by molar-refractivity contribution is 5.78. The molecule has 1 aliphatic heterocycles. The molecule has 1 saturated carbocycles. The van der Waals surface area contributed by atoms with Gasteiger partial charge in [-0.15, -0.1) is 0 Å². The van der Waals surface area contributed by atoms with Crippen LogP contribution in [0.4, 0.5) is 0 Å². The van der Waals surface area contributed by atoms with Gasteiger partial charge < -0.3 is 10.4 Å². The number of rotatable bonds is 7. The number of nitrogens with one attached hydrogen (secondary N) is 1. The highest BCUT2D eigenvalue weighted by Crippen LogP contribution is 2.43. The Bertz CT molecular complexity index is 557. The van der Waals surface area contributed by atoms with Gasteiger partial charge in [0.15, 0.2) is 0 Å². The van der Waals surface area contributed by atoms with E-state index in [9.17, 15) is 14.7 Å². The number of hydrogen-bond acceptors (Lipinski definition) is 3. The van der Waals surface area contributed by atoms with Gasteiger partial charge in [0.25, 0.3) is 0 Å². The SMILES string of the molecule is O=C(CN1C[C@@H](C(=O)O)[C@H](C2CC2)C1)NCCc1ccccc1. The Morgan fingerprint density at radius 2 is 1.91 bits per heavy atom. The first kappa shape index (κ1) is 16.0. The van der Waals surface area contributed by atoms with Gasteiger partial charge in [-0.1, -0.05) is 30.3 Å². The molecule has 124 valence electrons. The Labute approximate surface area is 136 Å². The number of amides is 1. The van der Waals surface area contributed by atoms with E-state index >= 15 is 0 Å². The molecule has 5 nitrogen and oxygen atoms in total. The summed E-state index contributed by atoms with van der Waals surface area (Å²) in [5, 5.41) is 12.3. The minimum absolute atomic E-state index is 0.0125. The van der Waals surface area contributed by atoms with Gasteiger partial charge in [-0.3, -0.25) is 14.5 Å². The molecular formula is C18H24N2O3. The molecule has 1 aromatic rings. The zero-order valence-corrected chi connectivity index (χ0v) is 13.3. The van der Waals surface area contributed by atoms with Crippen molar-refractivity contribution in [1.82, 2.24) is 10.2 Å². The first-order chi connectivity index (χ1) is 11.1. The van der Waals surface area contributed by atoms with E-state index < -0.39 is 5.97 Å². The Morgan fingerprint density at radius 3 is 2.57 bits per heavy atom. The predicted octanol–water partition coefficient (Wildman–Crippen LogP) is 1.39. The predicted molar refractivity (Wildman–Crippen MR) is 86.9 cm³/mol. The van der Waals surface area contributed by atoms with E-state index in [1.807, 2.05) is 35.2 Å². The number of likely N-dealkylation sites (tertiary alicyclic amines) is 1. The van der Waals surface area contributed by atoms with Crippen LogP contribution < -0.4 is 5.32 Å². The minimum atomic E-state index is -0.714. The minimum Gasteiger partial charge on any atom is -0.481 e. The Hall–Kier alpha value is -1.88. The molecule has 1 heterocycles. The second-order valence-electron chi connectivity index (χ2n) is 6.73. The van der Waals surface area contributed by atoms with E-state index in [2.05, 4.69) is 5.32 Å². The van der Waals surface area contributed by atoms with Crippen molar-refractivity contribution in [3.05, 3.63) is 35.9 Å². The Morgan fingerprint density at radius 1 is 1.17 bits per heavy atom. The number of carboxylic acids is 1. The number of nitrogens with zero attached hydrogens (tertiary/aromatic N) is 1. The highest BCUT2D eigenvalue weighted by Gasteiger charge is 2.45. The summed E-state index contributed by atoms with van der Waals surface area (Å²) in [6, 6.07) is 10.1. The lowest BCUT2D eigenvalue weighted by Gasteiger charge is -2.15. The molecule has 1 aliphatic carbocycles. The van der Waals surface area contributed by atoms with Gasteiger partial charge in [0.05, 0.1) is 12.5 Å². The summed E-state index contributed by atoms with van der Waals surface area (Å²) in [5.74, 6) is -0.248. The molecule has 0 unspecified atom stereocenters. The van der Waals surface area contributed by atoms with Crippen molar-refractivity contribution in [2.24, 2.45) is 17.8 Å². The quantitative estimate of drug-likeness (QED) is 0.797. The van der Waals surface area contributed by atoms with Gasteiger partial charge in [-0.2, -0.15) is 0 Å². The van der Waals surface area contributed by atoms with Crippen LogP contribution in [0.3, 0.4) is 0 Å². The van der Waals surface area contributed by atoms with Crippen molar-refractivity contribution in [2.75, 3.05) is 26.2 Å². The van der Waals surface area contributed by atoms with E-state index in [0.29, 0.717) is 25.6 Å². The smallest absolute Gasteiger partial charge is 0.308 e. The van der Waals surface area contributed by atoms with Gasteiger partial charge in [0, 0.05) is 19.6 Å². The van der Waals surface area contributed by atoms with Crippen molar-refractivity contribution >= 4 is 11.9 Å². The van der Waals surface area contributed by atoms with Gasteiger partial charge >= 0.3 is 5.97 Å². The van der Waals surface area contributed by atoms with Gasteiger partial charge in [0.2, 0.25) is 5.91 Å². The molecule has 1 aromatic carbocycles. The average molecular weight is 316 g/mol. The number of benzene rings is 1. The van der Waals surface area contributed by atoms with E-state index in [1.54, 1.807) is 0 Å². The fraction of sp³-hybridized carbons (Fsp3) is 0.556. The molecule has 3 rings (SSSR count). The summed E-state index contributed by atoms with van der Waals surface area (Å²) in [6.45, 7) is 2.17. The van der Waals surface area contributed by atoms with Gasteiger partial charge in [-0.25, -0.2) is 0 Å². The van der Waals surface area contributed by atoms with E-state index in [0.717, 1.165) is 25.8 Å². The fourth-order valence-electron chi connectivity index (χ4n) is 3.56. The fourth-order valence-corrected chi connectivity index (χ4v) is 3.56. The molecule has 2 N–H and O–H groups in total. The third kappa shape index (κ3) is 4.32. The standard InChI is InChI=1S/C18H24N2O3/c21-17(19-9-8-13-4-2-1-3-5-13)12-20-10-15(14-6-7-14)16(11-20)18(22)23/h1-5,14-16H,6-12H2,(H,19,21)(H,22,23)/t15-,16+/m0/s1. The molecule has 1 amide bonds. The number of carboxylic acid groups (broad SMARTS) is 1. The number of carbonyl (C=O) groups is 2. The summed E-state index contributed by atoms with van der Waals surface area (Å²) in [7, 11) is 0. The maximum absolute atomic E-state index is 12.1. The molecule has 23 heavy (non-hydrogen) atoms. The molecule has 2 fully saturated rings. The normalized spacial score (nSPS) is 24.5. The summed E-state index contributed by atoms with van der Waals surface area (Å²) >= 11 is 0. The Kier molecular flexibility index (Phi) is 4.96. The molecule has 2 aliphatic rings. The number of carbonyl (C=O) groups excluding carboxylic acids is 1. The summed E-state index contributed by atoms with van der Waals surface area (Å²) < 4.78 is 0. The maximum atomic E-state index is 12.1. The molecule has 0 bridgehead atoms. The van der Waals surface area contributed by atoms with Crippen LogP contribution in [0.25, 0.3) is 0 Å². The average Bonchev–Trinajstić information content (AvgIpc) is 3.29. The monoisotopic (exact) mass is 316 g/mol.